The lowest BCUT2D eigenvalue weighted by atomic mass is 10.1. The van der Waals surface area contributed by atoms with Crippen molar-refractivity contribution in [2.75, 3.05) is 5.75 Å². The summed E-state index contributed by atoms with van der Waals surface area (Å²) in [5, 5.41) is 5.30. The average Bonchev–Trinajstić information content (AvgIpc) is 3.06. The van der Waals surface area contributed by atoms with Crippen molar-refractivity contribution in [1.82, 2.24) is 9.38 Å². The van der Waals surface area contributed by atoms with E-state index >= 15 is 0 Å². The van der Waals surface area contributed by atoms with Gasteiger partial charge in [0.2, 0.25) is 0 Å². The fourth-order valence-electron chi connectivity index (χ4n) is 3.42. The van der Waals surface area contributed by atoms with Crippen LogP contribution in [0.4, 0.5) is 0 Å². The number of aryl methyl sites for hydroxylation is 3. The van der Waals surface area contributed by atoms with Gasteiger partial charge in [0.1, 0.15) is 18.0 Å². The second-order valence-corrected chi connectivity index (χ2v) is 9.01. The quantitative estimate of drug-likeness (QED) is 0.180. The number of rotatable bonds is 7. The van der Waals surface area contributed by atoms with Crippen molar-refractivity contribution in [3.63, 3.8) is 0 Å². The molecule has 2 aromatic heterocycles. The van der Waals surface area contributed by atoms with Gasteiger partial charge in [-0.25, -0.2) is 4.98 Å². The Morgan fingerprint density at radius 2 is 1.81 bits per heavy atom. The first-order chi connectivity index (χ1) is 15.0. The third kappa shape index (κ3) is 5.30. The van der Waals surface area contributed by atoms with Crippen molar-refractivity contribution in [2.45, 2.75) is 32.3 Å². The van der Waals surface area contributed by atoms with E-state index < -0.39 is 0 Å². The summed E-state index contributed by atoms with van der Waals surface area (Å²) in [5.74, 6) is 0.651. The highest BCUT2D eigenvalue weighted by Crippen LogP contribution is 2.24. The van der Waals surface area contributed by atoms with E-state index in [1.54, 1.807) is 11.8 Å². The van der Waals surface area contributed by atoms with Crippen molar-refractivity contribution in [3.8, 4) is 0 Å². The number of thioether (sulfide) groups is 1. The minimum Gasteiger partial charge on any atom is -0.391 e. The predicted molar refractivity (Wildman–Crippen MR) is 129 cm³/mol. The fraction of sp³-hybridized carbons (Fsp3) is 0.200. The molecular formula is C25H24ClN3OS. The van der Waals surface area contributed by atoms with E-state index in [1.807, 2.05) is 49.5 Å². The number of benzene rings is 2. The molecule has 6 heteroatoms. The Labute approximate surface area is 191 Å². The van der Waals surface area contributed by atoms with Crippen LogP contribution in [0.25, 0.3) is 5.65 Å². The zero-order valence-corrected chi connectivity index (χ0v) is 19.4. The van der Waals surface area contributed by atoms with Gasteiger partial charge in [-0.15, -0.1) is 11.8 Å². The van der Waals surface area contributed by atoms with Crippen molar-refractivity contribution in [2.24, 2.45) is 5.16 Å². The van der Waals surface area contributed by atoms with Crippen molar-refractivity contribution >= 4 is 34.7 Å². The molecule has 0 spiro atoms. The number of nitrogens with zero attached hydrogens (tertiary/aromatic N) is 3. The van der Waals surface area contributed by atoms with Gasteiger partial charge < -0.3 is 4.84 Å². The van der Waals surface area contributed by atoms with Crippen LogP contribution in [0.2, 0.25) is 5.02 Å². The number of fused-ring (bicyclic) bond motifs is 1. The SMILES string of the molecule is Cc1cccc(CO/N=C(\CSc2ccc(Cl)cc2)c2c(C)nc3cc(C)ccn23)c1. The molecule has 0 saturated carbocycles. The molecule has 0 radical (unpaired) electrons. The van der Waals surface area contributed by atoms with Gasteiger partial charge in [0.05, 0.1) is 11.4 Å². The number of imidazole rings is 1. The highest BCUT2D eigenvalue weighted by Gasteiger charge is 2.16. The topological polar surface area (TPSA) is 38.9 Å². The molecule has 0 fully saturated rings. The molecule has 0 bridgehead atoms. The third-order valence-corrected chi connectivity index (χ3v) is 6.18. The standard InChI is InChI=1S/C25H24ClN3OS/c1-17-5-4-6-20(13-17)15-30-28-23(16-31-22-9-7-21(26)8-10-22)25-19(3)27-24-14-18(2)11-12-29(24)25/h4-14H,15-16H2,1-3H3/b28-23+. The minimum absolute atomic E-state index is 0.422. The summed E-state index contributed by atoms with van der Waals surface area (Å²) in [4.78, 5) is 11.7. The van der Waals surface area contributed by atoms with Crippen LogP contribution in [0.5, 0.6) is 0 Å². The number of pyridine rings is 1. The van der Waals surface area contributed by atoms with Gasteiger partial charge in [0.15, 0.2) is 0 Å². The van der Waals surface area contributed by atoms with Gasteiger partial charge in [-0.05, 0) is 68.3 Å². The van der Waals surface area contributed by atoms with Gasteiger partial charge in [-0.3, -0.25) is 4.40 Å². The minimum atomic E-state index is 0.422. The van der Waals surface area contributed by atoms with Crippen molar-refractivity contribution in [1.29, 1.82) is 0 Å². The summed E-state index contributed by atoms with van der Waals surface area (Å²) >= 11 is 7.72. The van der Waals surface area contributed by atoms with Crippen LogP contribution < -0.4 is 0 Å². The van der Waals surface area contributed by atoms with Crippen LogP contribution in [-0.4, -0.2) is 20.8 Å². The molecule has 0 aliphatic rings. The first kappa shape index (κ1) is 21.5. The molecule has 2 heterocycles. The molecule has 0 amide bonds. The summed E-state index contributed by atoms with van der Waals surface area (Å²) in [6.45, 7) is 6.58. The maximum absolute atomic E-state index is 6.03. The molecule has 0 atom stereocenters. The highest BCUT2D eigenvalue weighted by molar-refractivity contribution is 8.00. The van der Waals surface area contributed by atoms with E-state index in [9.17, 15) is 0 Å². The van der Waals surface area contributed by atoms with Crippen molar-refractivity contribution in [3.05, 3.63) is 100.0 Å². The molecule has 4 nitrogen and oxygen atoms in total. The Bertz CT molecular complexity index is 1230. The fourth-order valence-corrected chi connectivity index (χ4v) is 4.37. The van der Waals surface area contributed by atoms with E-state index in [0.29, 0.717) is 12.4 Å². The number of oxime groups is 1. The lowest BCUT2D eigenvalue weighted by Crippen LogP contribution is -2.11. The number of halogens is 1. The number of hydrogen-bond acceptors (Lipinski definition) is 4. The van der Waals surface area contributed by atoms with Crippen LogP contribution in [0.15, 0.2) is 76.9 Å². The monoisotopic (exact) mass is 449 g/mol. The average molecular weight is 450 g/mol. The molecule has 0 aliphatic carbocycles. The van der Waals surface area contributed by atoms with E-state index in [0.717, 1.165) is 38.2 Å². The van der Waals surface area contributed by atoms with E-state index in [1.165, 1.54) is 11.1 Å². The van der Waals surface area contributed by atoms with Crippen LogP contribution in [0.3, 0.4) is 0 Å². The summed E-state index contributed by atoms with van der Waals surface area (Å²) in [7, 11) is 0. The van der Waals surface area contributed by atoms with Gasteiger partial charge >= 0.3 is 0 Å². The Morgan fingerprint density at radius 1 is 1.03 bits per heavy atom. The second kappa shape index (κ2) is 9.58. The smallest absolute Gasteiger partial charge is 0.142 e. The molecule has 0 N–H and O–H groups in total. The molecule has 0 saturated heterocycles. The predicted octanol–water partition coefficient (Wildman–Crippen LogP) is 6.63. The first-order valence-electron chi connectivity index (χ1n) is 10.1. The Balaban J connectivity index is 1.63. The lowest BCUT2D eigenvalue weighted by molar-refractivity contribution is 0.130. The van der Waals surface area contributed by atoms with Gasteiger partial charge in [-0.1, -0.05) is 46.6 Å². The van der Waals surface area contributed by atoms with E-state index in [2.05, 4.69) is 47.7 Å². The normalized spacial score (nSPS) is 11.8. The Hall–Kier alpha value is -2.76. The summed E-state index contributed by atoms with van der Waals surface area (Å²) in [6.07, 6.45) is 2.04. The zero-order chi connectivity index (χ0) is 21.8. The maximum Gasteiger partial charge on any atom is 0.142 e. The lowest BCUT2D eigenvalue weighted by Gasteiger charge is -2.09. The largest absolute Gasteiger partial charge is 0.391 e. The molecule has 158 valence electrons. The molecule has 0 unspecified atom stereocenters. The highest BCUT2D eigenvalue weighted by atomic mass is 35.5. The molecule has 2 aromatic carbocycles. The molecule has 0 aliphatic heterocycles. The van der Waals surface area contributed by atoms with Crippen LogP contribution >= 0.6 is 23.4 Å². The maximum atomic E-state index is 6.03. The second-order valence-electron chi connectivity index (χ2n) is 7.52. The molecule has 31 heavy (non-hydrogen) atoms. The van der Waals surface area contributed by atoms with E-state index in [4.69, 9.17) is 21.4 Å². The zero-order valence-electron chi connectivity index (χ0n) is 17.8. The Kier molecular flexibility index (Phi) is 6.64. The summed E-state index contributed by atoms with van der Waals surface area (Å²) in [5.41, 5.74) is 7.14. The third-order valence-electron chi connectivity index (χ3n) is 4.91. The van der Waals surface area contributed by atoms with E-state index in [-0.39, 0.29) is 0 Å². The van der Waals surface area contributed by atoms with Gasteiger partial charge in [0.25, 0.3) is 0 Å². The number of aromatic nitrogens is 2. The molecule has 4 aromatic rings. The van der Waals surface area contributed by atoms with Crippen molar-refractivity contribution < 1.29 is 4.84 Å². The van der Waals surface area contributed by atoms with Crippen LogP contribution in [0.1, 0.15) is 28.1 Å². The Morgan fingerprint density at radius 3 is 2.58 bits per heavy atom. The molecular weight excluding hydrogens is 426 g/mol. The van der Waals surface area contributed by atoms with Crippen LogP contribution in [0, 0.1) is 20.8 Å². The summed E-state index contributed by atoms with van der Waals surface area (Å²) in [6, 6.07) is 20.3. The first-order valence-corrected chi connectivity index (χ1v) is 11.4. The summed E-state index contributed by atoms with van der Waals surface area (Å²) < 4.78 is 2.08. The molecule has 4 rings (SSSR count). The van der Waals surface area contributed by atoms with Gasteiger partial charge in [-0.2, -0.15) is 0 Å². The van der Waals surface area contributed by atoms with Crippen LogP contribution in [-0.2, 0) is 11.4 Å². The van der Waals surface area contributed by atoms with Gasteiger partial charge in [0, 0.05) is 21.9 Å². The number of hydrogen-bond donors (Lipinski definition) is 0.